The highest BCUT2D eigenvalue weighted by atomic mass is 16.2. The van der Waals surface area contributed by atoms with E-state index in [0.29, 0.717) is 23.4 Å². The summed E-state index contributed by atoms with van der Waals surface area (Å²) in [4.78, 5) is 28.0. The van der Waals surface area contributed by atoms with E-state index in [9.17, 15) is 9.59 Å². The SMILES string of the molecule is O=C(Nc1ccccc1)C1=CCC(=NNC(=O)c2ccccn2)C=C1. The Labute approximate surface area is 145 Å². The van der Waals surface area contributed by atoms with Crippen LogP contribution in [0.4, 0.5) is 5.69 Å². The summed E-state index contributed by atoms with van der Waals surface area (Å²) in [6, 6.07) is 14.3. The number of para-hydroxylation sites is 1. The van der Waals surface area contributed by atoms with Crippen molar-refractivity contribution >= 4 is 23.2 Å². The number of carbonyl (C=O) groups excluding carboxylic acids is 2. The first-order valence-electron chi connectivity index (χ1n) is 7.75. The molecule has 0 fully saturated rings. The zero-order valence-electron chi connectivity index (χ0n) is 13.3. The number of allylic oxidation sites excluding steroid dienone is 2. The highest BCUT2D eigenvalue weighted by Gasteiger charge is 2.11. The van der Waals surface area contributed by atoms with Crippen molar-refractivity contribution in [2.45, 2.75) is 6.42 Å². The number of pyridine rings is 1. The van der Waals surface area contributed by atoms with Crippen LogP contribution in [0.3, 0.4) is 0 Å². The molecule has 6 heteroatoms. The molecule has 2 amide bonds. The molecule has 0 atom stereocenters. The molecule has 0 saturated carbocycles. The van der Waals surface area contributed by atoms with Gasteiger partial charge in [0.25, 0.3) is 11.8 Å². The fourth-order valence-corrected chi connectivity index (χ4v) is 2.19. The first-order valence-corrected chi connectivity index (χ1v) is 7.75. The number of hydrazone groups is 1. The third-order valence-corrected chi connectivity index (χ3v) is 3.48. The molecule has 0 unspecified atom stereocenters. The molecule has 3 rings (SSSR count). The second-order valence-electron chi connectivity index (χ2n) is 5.28. The summed E-state index contributed by atoms with van der Waals surface area (Å²) in [5.41, 5.74) is 4.70. The van der Waals surface area contributed by atoms with Gasteiger partial charge < -0.3 is 5.32 Å². The first kappa shape index (κ1) is 16.3. The molecule has 0 bridgehead atoms. The van der Waals surface area contributed by atoms with Crippen molar-refractivity contribution in [1.82, 2.24) is 10.4 Å². The van der Waals surface area contributed by atoms with E-state index in [-0.39, 0.29) is 11.8 Å². The minimum absolute atomic E-state index is 0.181. The quantitative estimate of drug-likeness (QED) is 0.844. The number of benzene rings is 1. The van der Waals surface area contributed by atoms with Crippen molar-refractivity contribution < 1.29 is 9.59 Å². The van der Waals surface area contributed by atoms with Gasteiger partial charge in [-0.2, -0.15) is 5.10 Å². The van der Waals surface area contributed by atoms with Gasteiger partial charge in [-0.25, -0.2) is 5.43 Å². The lowest BCUT2D eigenvalue weighted by Crippen LogP contribution is -2.21. The van der Waals surface area contributed by atoms with Crippen LogP contribution in [0.15, 0.2) is 83.6 Å². The molecular weight excluding hydrogens is 316 g/mol. The van der Waals surface area contributed by atoms with E-state index in [2.05, 4.69) is 20.8 Å². The number of rotatable bonds is 4. The van der Waals surface area contributed by atoms with Crippen LogP contribution in [0.1, 0.15) is 16.9 Å². The van der Waals surface area contributed by atoms with E-state index in [1.807, 2.05) is 30.3 Å². The molecule has 1 aromatic heterocycles. The normalized spacial score (nSPS) is 14.7. The fraction of sp³-hybridized carbons (Fsp3) is 0.0526. The number of hydrogen-bond donors (Lipinski definition) is 2. The van der Waals surface area contributed by atoms with Gasteiger partial charge >= 0.3 is 0 Å². The number of nitrogens with one attached hydrogen (secondary N) is 2. The van der Waals surface area contributed by atoms with Gasteiger partial charge in [-0.3, -0.25) is 14.6 Å². The average Bonchev–Trinajstić information content (AvgIpc) is 2.68. The van der Waals surface area contributed by atoms with Crippen LogP contribution in [0, 0.1) is 0 Å². The highest BCUT2D eigenvalue weighted by molar-refractivity contribution is 6.09. The predicted molar refractivity (Wildman–Crippen MR) is 96.0 cm³/mol. The summed E-state index contributed by atoms with van der Waals surface area (Å²) < 4.78 is 0. The monoisotopic (exact) mass is 332 g/mol. The maximum atomic E-state index is 12.2. The molecule has 1 aliphatic carbocycles. The topological polar surface area (TPSA) is 83.5 Å². The minimum Gasteiger partial charge on any atom is -0.322 e. The smallest absolute Gasteiger partial charge is 0.289 e. The molecule has 1 heterocycles. The molecule has 124 valence electrons. The fourth-order valence-electron chi connectivity index (χ4n) is 2.19. The first-order chi connectivity index (χ1) is 12.2. The zero-order chi connectivity index (χ0) is 17.5. The van der Waals surface area contributed by atoms with E-state index in [1.165, 1.54) is 0 Å². The summed E-state index contributed by atoms with van der Waals surface area (Å²) in [5, 5.41) is 6.87. The number of nitrogens with zero attached hydrogens (tertiary/aromatic N) is 2. The van der Waals surface area contributed by atoms with Gasteiger partial charge in [0, 0.05) is 23.9 Å². The number of amides is 2. The summed E-state index contributed by atoms with van der Waals surface area (Å²) in [7, 11) is 0. The molecular formula is C19H16N4O2. The molecule has 0 saturated heterocycles. The summed E-state index contributed by atoms with van der Waals surface area (Å²) >= 11 is 0. The third kappa shape index (κ3) is 4.48. The van der Waals surface area contributed by atoms with Crippen molar-refractivity contribution in [1.29, 1.82) is 0 Å². The molecule has 6 nitrogen and oxygen atoms in total. The molecule has 0 spiro atoms. The molecule has 0 radical (unpaired) electrons. The Morgan fingerprint density at radius 1 is 0.960 bits per heavy atom. The van der Waals surface area contributed by atoms with Crippen molar-refractivity contribution in [2.24, 2.45) is 5.10 Å². The predicted octanol–water partition coefficient (Wildman–Crippen LogP) is 2.69. The lowest BCUT2D eigenvalue weighted by molar-refractivity contribution is -0.112. The number of hydrogen-bond acceptors (Lipinski definition) is 4. The second-order valence-corrected chi connectivity index (χ2v) is 5.28. The van der Waals surface area contributed by atoms with Crippen molar-refractivity contribution in [3.8, 4) is 0 Å². The summed E-state index contributed by atoms with van der Waals surface area (Å²) in [6.07, 6.45) is 7.15. The van der Waals surface area contributed by atoms with E-state index in [4.69, 9.17) is 0 Å². The molecule has 1 aromatic carbocycles. The van der Waals surface area contributed by atoms with Gasteiger partial charge in [-0.1, -0.05) is 30.3 Å². The second kappa shape index (κ2) is 7.83. The van der Waals surface area contributed by atoms with Crippen molar-refractivity contribution in [2.75, 3.05) is 5.32 Å². The van der Waals surface area contributed by atoms with Crippen LogP contribution in [-0.2, 0) is 4.79 Å². The van der Waals surface area contributed by atoms with Crippen LogP contribution in [-0.4, -0.2) is 22.5 Å². The maximum absolute atomic E-state index is 12.2. The van der Waals surface area contributed by atoms with Gasteiger partial charge in [-0.05, 0) is 36.4 Å². The summed E-state index contributed by atoms with van der Waals surface area (Å²) in [5.74, 6) is -0.558. The largest absolute Gasteiger partial charge is 0.322 e. The molecule has 2 aromatic rings. The standard InChI is InChI=1S/C19H16N4O2/c24-18(21-15-6-2-1-3-7-15)14-9-11-16(12-10-14)22-23-19(25)17-8-4-5-13-20-17/h1-11,13H,12H2,(H,21,24)(H,23,25). The van der Waals surface area contributed by atoms with Crippen LogP contribution < -0.4 is 10.7 Å². The maximum Gasteiger partial charge on any atom is 0.289 e. The van der Waals surface area contributed by atoms with Crippen LogP contribution in [0.25, 0.3) is 0 Å². The highest BCUT2D eigenvalue weighted by Crippen LogP contribution is 2.12. The van der Waals surface area contributed by atoms with E-state index in [0.717, 1.165) is 5.69 Å². The lowest BCUT2D eigenvalue weighted by Gasteiger charge is -2.09. The van der Waals surface area contributed by atoms with Crippen molar-refractivity contribution in [3.63, 3.8) is 0 Å². The zero-order valence-corrected chi connectivity index (χ0v) is 13.3. The molecule has 0 aliphatic heterocycles. The van der Waals surface area contributed by atoms with Crippen molar-refractivity contribution in [3.05, 3.63) is 84.2 Å². The van der Waals surface area contributed by atoms with Crippen LogP contribution in [0.2, 0.25) is 0 Å². The van der Waals surface area contributed by atoms with Gasteiger partial charge in [0.1, 0.15) is 5.69 Å². The molecule has 25 heavy (non-hydrogen) atoms. The molecule has 2 N–H and O–H groups in total. The Hall–Kier alpha value is -3.54. The number of carbonyl (C=O) groups is 2. The number of anilines is 1. The number of aromatic nitrogens is 1. The Bertz CT molecular complexity index is 856. The molecule has 1 aliphatic rings. The van der Waals surface area contributed by atoms with Crippen LogP contribution in [0.5, 0.6) is 0 Å². The van der Waals surface area contributed by atoms with Gasteiger partial charge in [0.2, 0.25) is 0 Å². The van der Waals surface area contributed by atoms with Gasteiger partial charge in [0.15, 0.2) is 0 Å². The van der Waals surface area contributed by atoms with E-state index in [1.54, 1.807) is 42.6 Å². The Balaban J connectivity index is 1.56. The average molecular weight is 332 g/mol. The van der Waals surface area contributed by atoms with Gasteiger partial charge in [-0.15, -0.1) is 0 Å². The van der Waals surface area contributed by atoms with E-state index >= 15 is 0 Å². The van der Waals surface area contributed by atoms with Crippen LogP contribution >= 0.6 is 0 Å². The van der Waals surface area contributed by atoms with E-state index < -0.39 is 0 Å². The minimum atomic E-state index is -0.377. The Morgan fingerprint density at radius 3 is 2.44 bits per heavy atom. The third-order valence-electron chi connectivity index (χ3n) is 3.48. The summed E-state index contributed by atoms with van der Waals surface area (Å²) in [6.45, 7) is 0. The Morgan fingerprint density at radius 2 is 1.76 bits per heavy atom. The Kier molecular flexibility index (Phi) is 5.11. The lowest BCUT2D eigenvalue weighted by atomic mass is 10.1. The van der Waals surface area contributed by atoms with Gasteiger partial charge in [0.05, 0.1) is 5.71 Å².